The normalized spacial score (nSPS) is 12.7. The number of halogens is 1. The molecule has 0 saturated carbocycles. The molecule has 3 nitrogen and oxygen atoms in total. The van der Waals surface area contributed by atoms with Crippen LogP contribution in [0.4, 0.5) is 0 Å². The van der Waals surface area contributed by atoms with Crippen molar-refractivity contribution in [3.8, 4) is 0 Å². The molecule has 0 aliphatic heterocycles. The maximum absolute atomic E-state index is 5.76. The van der Waals surface area contributed by atoms with Crippen LogP contribution in [0, 0.1) is 0 Å². The van der Waals surface area contributed by atoms with E-state index in [1.165, 1.54) is 5.56 Å². The van der Waals surface area contributed by atoms with E-state index in [2.05, 4.69) is 33.4 Å². The van der Waals surface area contributed by atoms with Gasteiger partial charge >= 0.3 is 0 Å². The molecule has 1 N–H and O–H groups in total. The predicted molar refractivity (Wildman–Crippen MR) is 68.6 cm³/mol. The summed E-state index contributed by atoms with van der Waals surface area (Å²) in [5.41, 5.74) is 1.17. The van der Waals surface area contributed by atoms with Gasteiger partial charge < -0.3 is 14.8 Å². The van der Waals surface area contributed by atoms with Gasteiger partial charge in [0.2, 0.25) is 0 Å². The first-order valence-electron chi connectivity index (χ1n) is 5.28. The second kappa shape index (κ2) is 7.79. The van der Waals surface area contributed by atoms with Gasteiger partial charge in [-0.25, -0.2) is 0 Å². The molecule has 1 rings (SSSR count). The molecule has 0 radical (unpaired) electrons. The Morgan fingerprint density at radius 1 is 1.38 bits per heavy atom. The van der Waals surface area contributed by atoms with Crippen molar-refractivity contribution < 1.29 is 9.47 Å². The van der Waals surface area contributed by atoms with Crippen LogP contribution < -0.4 is 5.32 Å². The number of hydrogen-bond donors (Lipinski definition) is 1. The second-order valence-corrected chi connectivity index (χ2v) is 4.38. The second-order valence-electron chi connectivity index (χ2n) is 3.46. The minimum Gasteiger partial charge on any atom is -0.382 e. The van der Waals surface area contributed by atoms with Gasteiger partial charge in [-0.3, -0.25) is 0 Å². The van der Waals surface area contributed by atoms with Crippen LogP contribution in [-0.2, 0) is 9.47 Å². The standard InChI is InChI=1S/C12H18BrNO2/c1-14-9-12(16-7-6-15-2)10-4-3-5-11(13)8-10/h3-5,8,12,14H,6-7,9H2,1-2H3. The van der Waals surface area contributed by atoms with Crippen LogP contribution in [0.3, 0.4) is 0 Å². The molecule has 0 amide bonds. The van der Waals surface area contributed by atoms with E-state index in [0.717, 1.165) is 11.0 Å². The summed E-state index contributed by atoms with van der Waals surface area (Å²) in [6.45, 7) is 2.02. The maximum atomic E-state index is 5.76. The first kappa shape index (κ1) is 13.6. The molecule has 16 heavy (non-hydrogen) atoms. The molecule has 1 unspecified atom stereocenters. The first-order valence-corrected chi connectivity index (χ1v) is 6.08. The molecule has 1 aromatic rings. The minimum absolute atomic E-state index is 0.0673. The zero-order valence-electron chi connectivity index (χ0n) is 9.70. The van der Waals surface area contributed by atoms with Gasteiger partial charge in [-0.15, -0.1) is 0 Å². The molecule has 0 aliphatic carbocycles. The highest BCUT2D eigenvalue weighted by atomic mass is 79.9. The lowest BCUT2D eigenvalue weighted by atomic mass is 10.1. The number of rotatable bonds is 7. The van der Waals surface area contributed by atoms with Crippen LogP contribution in [-0.4, -0.2) is 33.9 Å². The number of hydrogen-bond acceptors (Lipinski definition) is 3. The zero-order valence-corrected chi connectivity index (χ0v) is 11.3. The smallest absolute Gasteiger partial charge is 0.0950 e. The molecule has 0 fully saturated rings. The van der Waals surface area contributed by atoms with Gasteiger partial charge in [-0.05, 0) is 24.7 Å². The van der Waals surface area contributed by atoms with Gasteiger partial charge in [0.25, 0.3) is 0 Å². The molecule has 1 atom stereocenters. The van der Waals surface area contributed by atoms with Crippen molar-refractivity contribution in [3.63, 3.8) is 0 Å². The van der Waals surface area contributed by atoms with E-state index in [0.29, 0.717) is 13.2 Å². The van der Waals surface area contributed by atoms with Crippen molar-refractivity contribution in [2.45, 2.75) is 6.10 Å². The van der Waals surface area contributed by atoms with E-state index in [-0.39, 0.29) is 6.10 Å². The summed E-state index contributed by atoms with van der Waals surface area (Å²) in [7, 11) is 3.60. The molecule has 4 heteroatoms. The largest absolute Gasteiger partial charge is 0.382 e. The third kappa shape index (κ3) is 4.61. The SMILES string of the molecule is CNCC(OCCOC)c1cccc(Br)c1. The highest BCUT2D eigenvalue weighted by Gasteiger charge is 2.10. The number of ether oxygens (including phenoxy) is 2. The lowest BCUT2D eigenvalue weighted by Gasteiger charge is -2.18. The van der Waals surface area contributed by atoms with Crippen molar-refractivity contribution in [2.24, 2.45) is 0 Å². The number of benzene rings is 1. The monoisotopic (exact) mass is 287 g/mol. The fraction of sp³-hybridized carbons (Fsp3) is 0.500. The van der Waals surface area contributed by atoms with Crippen LogP contribution in [0.25, 0.3) is 0 Å². The number of nitrogens with one attached hydrogen (secondary N) is 1. The molecule has 0 heterocycles. The van der Waals surface area contributed by atoms with Gasteiger partial charge in [0.1, 0.15) is 0 Å². The van der Waals surface area contributed by atoms with E-state index in [4.69, 9.17) is 9.47 Å². The molecule has 0 aromatic heterocycles. The van der Waals surface area contributed by atoms with Crippen LogP contribution >= 0.6 is 15.9 Å². The van der Waals surface area contributed by atoms with Crippen molar-refractivity contribution in [1.29, 1.82) is 0 Å². The summed E-state index contributed by atoms with van der Waals surface area (Å²) >= 11 is 3.46. The lowest BCUT2D eigenvalue weighted by Crippen LogP contribution is -2.21. The predicted octanol–water partition coefficient (Wildman–Crippen LogP) is 2.37. The molecule has 90 valence electrons. The third-order valence-electron chi connectivity index (χ3n) is 2.22. The average Bonchev–Trinajstić information content (AvgIpc) is 2.28. The Bertz CT molecular complexity index is 307. The molecule has 0 saturated heterocycles. The van der Waals surface area contributed by atoms with Crippen molar-refractivity contribution in [2.75, 3.05) is 33.9 Å². The average molecular weight is 288 g/mol. The topological polar surface area (TPSA) is 30.5 Å². The highest BCUT2D eigenvalue weighted by Crippen LogP contribution is 2.20. The van der Waals surface area contributed by atoms with E-state index in [9.17, 15) is 0 Å². The van der Waals surface area contributed by atoms with E-state index >= 15 is 0 Å². The van der Waals surface area contributed by atoms with E-state index in [1.807, 2.05) is 19.2 Å². The Morgan fingerprint density at radius 3 is 2.81 bits per heavy atom. The summed E-state index contributed by atoms with van der Waals surface area (Å²) in [5.74, 6) is 0. The quantitative estimate of drug-likeness (QED) is 0.781. The Balaban J connectivity index is 2.61. The fourth-order valence-electron chi connectivity index (χ4n) is 1.44. The van der Waals surface area contributed by atoms with Crippen LogP contribution in [0.5, 0.6) is 0 Å². The number of methoxy groups -OCH3 is 1. The summed E-state index contributed by atoms with van der Waals surface area (Å²) < 4.78 is 11.8. The number of likely N-dealkylation sites (N-methyl/N-ethyl adjacent to an activating group) is 1. The summed E-state index contributed by atoms with van der Waals surface area (Å²) in [4.78, 5) is 0. The van der Waals surface area contributed by atoms with Gasteiger partial charge in [0.05, 0.1) is 19.3 Å². The summed E-state index contributed by atoms with van der Waals surface area (Å²) in [6.07, 6.45) is 0.0673. The Kier molecular flexibility index (Phi) is 6.64. The van der Waals surface area contributed by atoms with Crippen LogP contribution in [0.1, 0.15) is 11.7 Å². The van der Waals surface area contributed by atoms with Gasteiger partial charge in [-0.2, -0.15) is 0 Å². The van der Waals surface area contributed by atoms with E-state index < -0.39 is 0 Å². The van der Waals surface area contributed by atoms with Crippen LogP contribution in [0.15, 0.2) is 28.7 Å². The minimum atomic E-state index is 0.0673. The summed E-state index contributed by atoms with van der Waals surface area (Å²) in [6, 6.07) is 8.17. The fourth-order valence-corrected chi connectivity index (χ4v) is 1.86. The molecule has 1 aromatic carbocycles. The highest BCUT2D eigenvalue weighted by molar-refractivity contribution is 9.10. The third-order valence-corrected chi connectivity index (χ3v) is 2.71. The molecule has 0 aliphatic rings. The Morgan fingerprint density at radius 2 is 2.19 bits per heavy atom. The Hall–Kier alpha value is -0.420. The van der Waals surface area contributed by atoms with E-state index in [1.54, 1.807) is 7.11 Å². The molecule has 0 bridgehead atoms. The van der Waals surface area contributed by atoms with Gasteiger partial charge in [0, 0.05) is 18.1 Å². The van der Waals surface area contributed by atoms with Gasteiger partial charge in [-0.1, -0.05) is 28.1 Å². The lowest BCUT2D eigenvalue weighted by molar-refractivity contribution is 0.0175. The molecular weight excluding hydrogens is 270 g/mol. The first-order chi connectivity index (χ1) is 7.77. The van der Waals surface area contributed by atoms with Crippen molar-refractivity contribution in [1.82, 2.24) is 5.32 Å². The summed E-state index contributed by atoms with van der Waals surface area (Å²) in [5, 5.41) is 3.13. The van der Waals surface area contributed by atoms with Crippen molar-refractivity contribution in [3.05, 3.63) is 34.3 Å². The molecular formula is C12H18BrNO2. The van der Waals surface area contributed by atoms with Crippen molar-refractivity contribution >= 4 is 15.9 Å². The van der Waals surface area contributed by atoms with Crippen LogP contribution in [0.2, 0.25) is 0 Å². The maximum Gasteiger partial charge on any atom is 0.0950 e. The van der Waals surface area contributed by atoms with Gasteiger partial charge in [0.15, 0.2) is 0 Å². The zero-order chi connectivity index (χ0) is 11.8. The Labute approximate surface area is 105 Å². The molecule has 0 spiro atoms.